The van der Waals surface area contributed by atoms with Gasteiger partial charge in [0, 0.05) is 19.1 Å². The first-order valence-electron chi connectivity index (χ1n) is 7.78. The van der Waals surface area contributed by atoms with Gasteiger partial charge in [-0.25, -0.2) is 4.79 Å². The summed E-state index contributed by atoms with van der Waals surface area (Å²) >= 11 is 0. The molecule has 1 saturated heterocycles. The molecule has 5 nitrogen and oxygen atoms in total. The summed E-state index contributed by atoms with van der Waals surface area (Å²) in [5, 5.41) is 11.9. The Kier molecular flexibility index (Phi) is 5.65. The van der Waals surface area contributed by atoms with Gasteiger partial charge in [-0.15, -0.1) is 0 Å². The van der Waals surface area contributed by atoms with Crippen LogP contribution in [0.3, 0.4) is 0 Å². The molecular weight excluding hydrogens is 268 g/mol. The Hall–Kier alpha value is -1.26. The fourth-order valence-corrected chi connectivity index (χ4v) is 2.61. The average Bonchev–Trinajstić information content (AvgIpc) is 2.47. The lowest BCUT2D eigenvalue weighted by molar-refractivity contribution is -0.138. The van der Waals surface area contributed by atoms with Gasteiger partial charge in [0.05, 0.1) is 6.42 Å². The Bertz CT molecular complexity index is 385. The zero-order valence-corrected chi connectivity index (χ0v) is 14.0. The van der Waals surface area contributed by atoms with Crippen LogP contribution in [0.1, 0.15) is 60.3 Å². The molecule has 2 N–H and O–H groups in total. The van der Waals surface area contributed by atoms with Crippen LogP contribution in [0.2, 0.25) is 0 Å². The van der Waals surface area contributed by atoms with Crippen molar-refractivity contribution in [2.24, 2.45) is 10.8 Å². The lowest BCUT2D eigenvalue weighted by Crippen LogP contribution is -2.50. The van der Waals surface area contributed by atoms with Crippen molar-refractivity contribution < 1.29 is 14.7 Å². The fraction of sp³-hybridized carbons (Fsp3) is 0.875. The number of likely N-dealkylation sites (tertiary alicyclic amines) is 1. The monoisotopic (exact) mass is 298 g/mol. The first-order chi connectivity index (χ1) is 9.51. The molecule has 0 bridgehead atoms. The van der Waals surface area contributed by atoms with Crippen LogP contribution in [0.4, 0.5) is 4.79 Å². The molecule has 0 aromatic heterocycles. The summed E-state index contributed by atoms with van der Waals surface area (Å²) in [4.78, 5) is 25.2. The first kappa shape index (κ1) is 17.8. The summed E-state index contributed by atoms with van der Waals surface area (Å²) in [5.41, 5.74) is -0.00130. The molecule has 21 heavy (non-hydrogen) atoms. The summed E-state index contributed by atoms with van der Waals surface area (Å²) in [6.45, 7) is 11.8. The quantitative estimate of drug-likeness (QED) is 0.841. The second kappa shape index (κ2) is 6.67. The maximum Gasteiger partial charge on any atom is 0.317 e. The molecule has 0 saturated carbocycles. The molecular formula is C16H30N2O3. The highest BCUT2D eigenvalue weighted by molar-refractivity contribution is 5.76. The number of urea groups is 1. The number of amides is 2. The molecule has 0 aliphatic carbocycles. The molecule has 1 fully saturated rings. The normalized spacial score (nSPS) is 20.5. The second-order valence-electron chi connectivity index (χ2n) is 7.97. The summed E-state index contributed by atoms with van der Waals surface area (Å²) in [7, 11) is 0. The molecule has 1 unspecified atom stereocenters. The maximum absolute atomic E-state index is 12.4. The van der Waals surface area contributed by atoms with Crippen LogP contribution < -0.4 is 5.32 Å². The molecule has 0 aromatic carbocycles. The number of nitrogens with one attached hydrogen (secondary N) is 1. The van der Waals surface area contributed by atoms with Crippen LogP contribution in [0.5, 0.6) is 0 Å². The van der Waals surface area contributed by atoms with Gasteiger partial charge in [-0.05, 0) is 30.1 Å². The number of carbonyl (C=O) groups excluding carboxylic acids is 1. The van der Waals surface area contributed by atoms with E-state index in [2.05, 4.69) is 19.2 Å². The van der Waals surface area contributed by atoms with E-state index in [1.54, 1.807) is 0 Å². The summed E-state index contributed by atoms with van der Waals surface area (Å²) in [5.74, 6) is -0.882. The number of rotatable bonds is 3. The van der Waals surface area contributed by atoms with E-state index in [-0.39, 0.29) is 29.3 Å². The van der Waals surface area contributed by atoms with Gasteiger partial charge in [-0.1, -0.05) is 34.6 Å². The molecule has 5 heteroatoms. The van der Waals surface area contributed by atoms with Crippen LogP contribution in [-0.2, 0) is 4.79 Å². The van der Waals surface area contributed by atoms with Gasteiger partial charge >= 0.3 is 12.0 Å². The number of carboxylic acids is 1. The van der Waals surface area contributed by atoms with Crippen molar-refractivity contribution in [2.75, 3.05) is 13.1 Å². The van der Waals surface area contributed by atoms with E-state index < -0.39 is 5.97 Å². The van der Waals surface area contributed by atoms with E-state index in [0.717, 1.165) is 32.4 Å². The molecule has 1 atom stereocenters. The minimum Gasteiger partial charge on any atom is -0.481 e. The van der Waals surface area contributed by atoms with Gasteiger partial charge in [0.15, 0.2) is 0 Å². The van der Waals surface area contributed by atoms with Gasteiger partial charge in [0.25, 0.3) is 0 Å². The van der Waals surface area contributed by atoms with Crippen molar-refractivity contribution in [3.05, 3.63) is 0 Å². The predicted octanol–water partition coefficient (Wildman–Crippen LogP) is 3.10. The van der Waals surface area contributed by atoms with E-state index in [0.29, 0.717) is 0 Å². The summed E-state index contributed by atoms with van der Waals surface area (Å²) in [6, 6.07) is -0.493. The van der Waals surface area contributed by atoms with Crippen LogP contribution in [0.15, 0.2) is 0 Å². The minimum absolute atomic E-state index is 0.0471. The zero-order chi connectivity index (χ0) is 16.3. The average molecular weight is 298 g/mol. The molecule has 1 rings (SSSR count). The Morgan fingerprint density at radius 3 is 2.38 bits per heavy atom. The second-order valence-corrected chi connectivity index (χ2v) is 7.97. The Morgan fingerprint density at radius 2 is 1.86 bits per heavy atom. The molecule has 122 valence electrons. The highest BCUT2D eigenvalue weighted by Gasteiger charge is 2.31. The number of carboxylic acid groups (broad SMARTS) is 1. The molecule has 2 amide bonds. The highest BCUT2D eigenvalue weighted by atomic mass is 16.4. The van der Waals surface area contributed by atoms with Crippen molar-refractivity contribution in [1.29, 1.82) is 0 Å². The lowest BCUT2D eigenvalue weighted by atomic mass is 9.85. The minimum atomic E-state index is -0.882. The van der Waals surface area contributed by atoms with Crippen LogP contribution in [-0.4, -0.2) is 41.1 Å². The van der Waals surface area contributed by atoms with Crippen molar-refractivity contribution in [2.45, 2.75) is 66.3 Å². The maximum atomic E-state index is 12.4. The van der Waals surface area contributed by atoms with E-state index in [4.69, 9.17) is 5.11 Å². The van der Waals surface area contributed by atoms with E-state index >= 15 is 0 Å². The third kappa shape index (κ3) is 5.94. The molecule has 1 aliphatic heterocycles. The van der Waals surface area contributed by atoms with E-state index in [1.165, 1.54) is 0 Å². The third-order valence-corrected chi connectivity index (χ3v) is 4.35. The van der Waals surface area contributed by atoms with Crippen molar-refractivity contribution in [3.8, 4) is 0 Å². The molecule has 1 aliphatic rings. The van der Waals surface area contributed by atoms with Crippen molar-refractivity contribution in [1.82, 2.24) is 10.2 Å². The zero-order valence-electron chi connectivity index (χ0n) is 14.0. The van der Waals surface area contributed by atoms with Crippen molar-refractivity contribution in [3.63, 3.8) is 0 Å². The number of aliphatic carboxylic acids is 1. The summed E-state index contributed by atoms with van der Waals surface area (Å²) in [6.07, 6.45) is 3.06. The van der Waals surface area contributed by atoms with Gasteiger partial charge in [0.1, 0.15) is 0 Å². The first-order valence-corrected chi connectivity index (χ1v) is 7.78. The summed E-state index contributed by atoms with van der Waals surface area (Å²) < 4.78 is 0. The Labute approximate surface area is 128 Å². The third-order valence-electron chi connectivity index (χ3n) is 4.35. The SMILES string of the molecule is CC1(C)CCCN(C(=O)NC(CC(=O)O)C(C)(C)C)CC1. The standard InChI is InChI=1S/C16H30N2O3/c1-15(2,3)12(11-13(19)20)17-14(21)18-9-6-7-16(4,5)8-10-18/h12H,6-11H2,1-5H3,(H,17,21)(H,19,20). The largest absolute Gasteiger partial charge is 0.481 e. The molecule has 0 radical (unpaired) electrons. The van der Waals surface area contributed by atoms with Crippen LogP contribution >= 0.6 is 0 Å². The Balaban J connectivity index is 2.67. The van der Waals surface area contributed by atoms with Gasteiger partial charge < -0.3 is 15.3 Å². The van der Waals surface area contributed by atoms with E-state index in [9.17, 15) is 9.59 Å². The smallest absolute Gasteiger partial charge is 0.317 e. The van der Waals surface area contributed by atoms with Crippen LogP contribution in [0, 0.1) is 10.8 Å². The molecule has 1 heterocycles. The van der Waals surface area contributed by atoms with Gasteiger partial charge in [-0.2, -0.15) is 0 Å². The molecule has 0 spiro atoms. The van der Waals surface area contributed by atoms with Crippen LogP contribution in [0.25, 0.3) is 0 Å². The Morgan fingerprint density at radius 1 is 1.24 bits per heavy atom. The highest BCUT2D eigenvalue weighted by Crippen LogP contribution is 2.30. The fourth-order valence-electron chi connectivity index (χ4n) is 2.61. The predicted molar refractivity (Wildman–Crippen MR) is 83.2 cm³/mol. The number of carbonyl (C=O) groups is 2. The topological polar surface area (TPSA) is 69.6 Å². The number of hydrogen-bond acceptors (Lipinski definition) is 2. The molecule has 0 aromatic rings. The van der Waals surface area contributed by atoms with Crippen molar-refractivity contribution >= 4 is 12.0 Å². The number of hydrogen-bond donors (Lipinski definition) is 2. The van der Waals surface area contributed by atoms with Gasteiger partial charge in [0.2, 0.25) is 0 Å². The van der Waals surface area contributed by atoms with Gasteiger partial charge in [-0.3, -0.25) is 4.79 Å². The number of nitrogens with zero attached hydrogens (tertiary/aromatic N) is 1. The van der Waals surface area contributed by atoms with E-state index in [1.807, 2.05) is 25.7 Å². The lowest BCUT2D eigenvalue weighted by Gasteiger charge is -2.33.